The molecule has 2 N–H and O–H groups in total. The van der Waals surface area contributed by atoms with Crippen molar-refractivity contribution in [2.24, 2.45) is 5.73 Å². The van der Waals surface area contributed by atoms with E-state index >= 15 is 0 Å². The molecule has 0 aliphatic rings. The van der Waals surface area contributed by atoms with Crippen molar-refractivity contribution in [1.29, 1.82) is 0 Å². The molecule has 0 aromatic carbocycles. The van der Waals surface area contributed by atoms with Gasteiger partial charge in [0.15, 0.2) is 5.75 Å². The summed E-state index contributed by atoms with van der Waals surface area (Å²) in [6.45, 7) is 0.0851. The van der Waals surface area contributed by atoms with Crippen molar-refractivity contribution in [2.45, 2.75) is 13.0 Å². The highest BCUT2D eigenvalue weighted by Gasteiger charge is 2.17. The molecule has 0 unspecified atom stereocenters. The predicted molar refractivity (Wildman–Crippen MR) is 50.2 cm³/mol. The second kappa shape index (κ2) is 4.88. The number of nitrogens with two attached hydrogens (primary N) is 1. The van der Waals surface area contributed by atoms with E-state index in [2.05, 4.69) is 4.98 Å². The number of ether oxygens (including phenoxy) is 2. The van der Waals surface area contributed by atoms with Crippen LogP contribution in [0.1, 0.15) is 17.7 Å². The monoisotopic (exact) mass is 218 g/mol. The zero-order valence-electron chi connectivity index (χ0n) is 8.46. The number of methoxy groups -OCH3 is 2. The van der Waals surface area contributed by atoms with Gasteiger partial charge in [-0.3, -0.25) is 0 Å². The van der Waals surface area contributed by atoms with E-state index < -0.39 is 6.43 Å². The fourth-order valence-corrected chi connectivity index (χ4v) is 1.20. The first kappa shape index (κ1) is 11.6. The molecule has 84 valence electrons. The fourth-order valence-electron chi connectivity index (χ4n) is 1.20. The van der Waals surface area contributed by atoms with E-state index in [-0.39, 0.29) is 18.1 Å². The third kappa shape index (κ3) is 2.33. The Hall–Kier alpha value is -1.43. The van der Waals surface area contributed by atoms with Crippen LogP contribution in [0.15, 0.2) is 6.07 Å². The zero-order chi connectivity index (χ0) is 11.4. The van der Waals surface area contributed by atoms with E-state index in [9.17, 15) is 8.78 Å². The Bertz CT molecular complexity index is 320. The molecule has 0 amide bonds. The number of nitrogens with zero attached hydrogens (tertiary/aromatic N) is 1. The van der Waals surface area contributed by atoms with Crippen LogP contribution in [-0.4, -0.2) is 19.2 Å². The third-order valence-electron chi connectivity index (χ3n) is 1.88. The summed E-state index contributed by atoms with van der Waals surface area (Å²) in [4.78, 5) is 3.62. The summed E-state index contributed by atoms with van der Waals surface area (Å²) in [5, 5.41) is 0. The second-order valence-corrected chi connectivity index (χ2v) is 2.75. The number of alkyl halides is 2. The smallest absolute Gasteiger partial charge is 0.280 e. The molecule has 0 bridgehead atoms. The van der Waals surface area contributed by atoms with Crippen LogP contribution >= 0.6 is 0 Å². The quantitative estimate of drug-likeness (QED) is 0.831. The zero-order valence-corrected chi connectivity index (χ0v) is 8.46. The Morgan fingerprint density at radius 1 is 1.40 bits per heavy atom. The van der Waals surface area contributed by atoms with Gasteiger partial charge in [-0.1, -0.05) is 0 Å². The number of hydrogen-bond acceptors (Lipinski definition) is 4. The molecule has 1 heterocycles. The Labute approximate surface area is 86.0 Å². The molecule has 1 aromatic rings. The number of hydrogen-bond donors (Lipinski definition) is 1. The highest BCUT2D eigenvalue weighted by atomic mass is 19.3. The summed E-state index contributed by atoms with van der Waals surface area (Å²) in [5.41, 5.74) is 5.49. The minimum Gasteiger partial charge on any atom is -0.491 e. The maximum atomic E-state index is 12.4. The largest absolute Gasteiger partial charge is 0.491 e. The van der Waals surface area contributed by atoms with Gasteiger partial charge >= 0.3 is 0 Å². The highest BCUT2D eigenvalue weighted by molar-refractivity contribution is 5.43. The first-order valence-electron chi connectivity index (χ1n) is 4.24. The average molecular weight is 218 g/mol. The molecule has 1 rings (SSSR count). The van der Waals surface area contributed by atoms with Crippen LogP contribution in [0.5, 0.6) is 11.6 Å². The van der Waals surface area contributed by atoms with Gasteiger partial charge in [0.2, 0.25) is 0 Å². The molecule has 0 fully saturated rings. The number of halogens is 2. The van der Waals surface area contributed by atoms with Gasteiger partial charge in [0, 0.05) is 12.1 Å². The molecule has 4 nitrogen and oxygen atoms in total. The van der Waals surface area contributed by atoms with Crippen LogP contribution in [0, 0.1) is 0 Å². The first-order valence-corrected chi connectivity index (χ1v) is 4.24. The molecule has 0 radical (unpaired) electrons. The van der Waals surface area contributed by atoms with Gasteiger partial charge < -0.3 is 15.2 Å². The van der Waals surface area contributed by atoms with Crippen molar-refractivity contribution in [3.63, 3.8) is 0 Å². The summed E-state index contributed by atoms with van der Waals surface area (Å²) in [6.07, 6.45) is -2.66. The van der Waals surface area contributed by atoms with E-state index in [0.717, 1.165) is 0 Å². The second-order valence-electron chi connectivity index (χ2n) is 2.75. The van der Waals surface area contributed by atoms with Crippen molar-refractivity contribution in [1.82, 2.24) is 4.98 Å². The molecule has 0 spiro atoms. The van der Waals surface area contributed by atoms with Crippen molar-refractivity contribution in [2.75, 3.05) is 14.2 Å². The summed E-state index contributed by atoms with van der Waals surface area (Å²) in [7, 11) is 2.74. The number of aromatic nitrogens is 1. The maximum Gasteiger partial charge on any atom is 0.280 e. The van der Waals surface area contributed by atoms with Gasteiger partial charge in [-0.25, -0.2) is 13.8 Å². The van der Waals surface area contributed by atoms with Crippen molar-refractivity contribution < 1.29 is 18.3 Å². The SMILES string of the molecule is COc1nc(C(F)F)cc(CN)c1OC. The molecule has 0 saturated carbocycles. The number of rotatable bonds is 4. The molecular weight excluding hydrogens is 206 g/mol. The lowest BCUT2D eigenvalue weighted by atomic mass is 10.2. The lowest BCUT2D eigenvalue weighted by Gasteiger charge is -2.12. The minimum atomic E-state index is -2.66. The van der Waals surface area contributed by atoms with Crippen LogP contribution in [0.3, 0.4) is 0 Å². The number of pyridine rings is 1. The van der Waals surface area contributed by atoms with E-state index in [1.807, 2.05) is 0 Å². The normalized spacial score (nSPS) is 10.5. The lowest BCUT2D eigenvalue weighted by Crippen LogP contribution is -2.05. The standard InChI is InChI=1S/C9H12F2N2O2/c1-14-7-5(4-12)3-6(8(10)11)13-9(7)15-2/h3,8H,4,12H2,1-2H3. The van der Waals surface area contributed by atoms with E-state index in [4.69, 9.17) is 15.2 Å². The van der Waals surface area contributed by atoms with Crippen LogP contribution in [0.4, 0.5) is 8.78 Å². The van der Waals surface area contributed by atoms with Gasteiger partial charge in [-0.15, -0.1) is 0 Å². The van der Waals surface area contributed by atoms with Crippen LogP contribution in [0.2, 0.25) is 0 Å². The molecule has 15 heavy (non-hydrogen) atoms. The van der Waals surface area contributed by atoms with Crippen LogP contribution < -0.4 is 15.2 Å². The lowest BCUT2D eigenvalue weighted by molar-refractivity contribution is 0.144. The first-order chi connectivity index (χ1) is 7.13. The van der Waals surface area contributed by atoms with Gasteiger partial charge in [-0.05, 0) is 6.07 Å². The van der Waals surface area contributed by atoms with Crippen LogP contribution in [0.25, 0.3) is 0 Å². The predicted octanol–water partition coefficient (Wildman–Crippen LogP) is 1.50. The van der Waals surface area contributed by atoms with Gasteiger partial charge in [0.05, 0.1) is 14.2 Å². The Kier molecular flexibility index (Phi) is 3.79. The van der Waals surface area contributed by atoms with Crippen molar-refractivity contribution in [3.05, 3.63) is 17.3 Å². The van der Waals surface area contributed by atoms with E-state index in [0.29, 0.717) is 11.3 Å². The molecule has 0 aliphatic heterocycles. The Morgan fingerprint density at radius 2 is 2.07 bits per heavy atom. The molecular formula is C9H12F2N2O2. The van der Waals surface area contributed by atoms with Crippen LogP contribution in [-0.2, 0) is 6.54 Å². The molecule has 6 heteroatoms. The van der Waals surface area contributed by atoms with Gasteiger partial charge in [0.25, 0.3) is 12.3 Å². The Morgan fingerprint density at radius 3 is 2.47 bits per heavy atom. The van der Waals surface area contributed by atoms with E-state index in [1.54, 1.807) is 0 Å². The topological polar surface area (TPSA) is 57.4 Å². The van der Waals surface area contributed by atoms with Gasteiger partial charge in [-0.2, -0.15) is 0 Å². The minimum absolute atomic E-state index is 0.0238. The third-order valence-corrected chi connectivity index (χ3v) is 1.88. The van der Waals surface area contributed by atoms with Crippen molar-refractivity contribution in [3.8, 4) is 11.6 Å². The summed E-state index contributed by atoms with van der Waals surface area (Å²) < 4.78 is 34.7. The maximum absolute atomic E-state index is 12.4. The molecule has 0 atom stereocenters. The Balaban J connectivity index is 3.29. The average Bonchev–Trinajstić information content (AvgIpc) is 2.26. The fraction of sp³-hybridized carbons (Fsp3) is 0.444. The van der Waals surface area contributed by atoms with Gasteiger partial charge in [0.1, 0.15) is 5.69 Å². The van der Waals surface area contributed by atoms with Crippen molar-refractivity contribution >= 4 is 0 Å². The molecule has 1 aromatic heterocycles. The highest BCUT2D eigenvalue weighted by Crippen LogP contribution is 2.32. The summed E-state index contributed by atoms with van der Waals surface area (Å²) in [6, 6.07) is 1.21. The van der Waals surface area contributed by atoms with E-state index in [1.165, 1.54) is 20.3 Å². The molecule has 0 aliphatic carbocycles. The summed E-state index contributed by atoms with van der Waals surface area (Å²) in [5.74, 6) is 0.320. The molecule has 0 saturated heterocycles. The summed E-state index contributed by atoms with van der Waals surface area (Å²) >= 11 is 0.